The van der Waals surface area contributed by atoms with Gasteiger partial charge in [-0.05, 0) is 32.0 Å². The van der Waals surface area contributed by atoms with E-state index in [0.29, 0.717) is 0 Å². The van der Waals surface area contributed by atoms with E-state index in [9.17, 15) is 0 Å². The van der Waals surface area contributed by atoms with Crippen LogP contribution in [-0.2, 0) is 6.42 Å². The van der Waals surface area contributed by atoms with Crippen LogP contribution in [0, 0.1) is 0 Å². The number of nitrogen functional groups attached to an aromatic ring is 1. The number of anilines is 1. The number of nitrogens with zero attached hydrogens (tertiary/aromatic N) is 2. The minimum atomic E-state index is 0.743. The summed E-state index contributed by atoms with van der Waals surface area (Å²) in [6.45, 7) is 1.10. The number of pyridine rings is 1. The van der Waals surface area contributed by atoms with Gasteiger partial charge in [0.1, 0.15) is 0 Å². The highest BCUT2D eigenvalue weighted by atomic mass is 15.1. The summed E-state index contributed by atoms with van der Waals surface area (Å²) in [5.41, 5.74) is 7.49. The van der Waals surface area contributed by atoms with Gasteiger partial charge in [-0.3, -0.25) is 4.98 Å². The van der Waals surface area contributed by atoms with Crippen molar-refractivity contribution in [3.8, 4) is 0 Å². The second-order valence-corrected chi connectivity index (χ2v) is 4.75. The second kappa shape index (κ2) is 5.30. The van der Waals surface area contributed by atoms with Crippen LogP contribution in [0.1, 0.15) is 31.4 Å². The van der Waals surface area contributed by atoms with Crippen LogP contribution in [-0.4, -0.2) is 29.5 Å². The van der Waals surface area contributed by atoms with Crippen molar-refractivity contribution < 1.29 is 0 Å². The van der Waals surface area contributed by atoms with E-state index in [1.165, 1.54) is 25.7 Å². The maximum Gasteiger partial charge on any atom is 0.0501 e. The Bertz CT molecular complexity index is 314. The van der Waals surface area contributed by atoms with Crippen molar-refractivity contribution in [2.75, 3.05) is 19.3 Å². The van der Waals surface area contributed by atoms with Gasteiger partial charge in [-0.2, -0.15) is 0 Å². The van der Waals surface area contributed by atoms with Crippen LogP contribution in [0.15, 0.2) is 18.3 Å². The number of hydrogen-bond donors (Lipinski definition) is 1. The van der Waals surface area contributed by atoms with E-state index in [0.717, 1.165) is 30.4 Å². The minimum absolute atomic E-state index is 0.743. The molecule has 88 valence electrons. The van der Waals surface area contributed by atoms with Gasteiger partial charge in [-0.1, -0.05) is 12.8 Å². The molecule has 1 aliphatic rings. The number of rotatable bonds is 4. The maximum absolute atomic E-state index is 5.61. The topological polar surface area (TPSA) is 42.1 Å². The summed E-state index contributed by atoms with van der Waals surface area (Å²) < 4.78 is 0. The van der Waals surface area contributed by atoms with Gasteiger partial charge in [0.05, 0.1) is 11.9 Å². The van der Waals surface area contributed by atoms with E-state index in [1.54, 1.807) is 6.20 Å². The molecule has 1 fully saturated rings. The monoisotopic (exact) mass is 219 g/mol. The Balaban J connectivity index is 1.80. The molecule has 0 radical (unpaired) electrons. The van der Waals surface area contributed by atoms with Crippen LogP contribution in [0.5, 0.6) is 0 Å². The highest BCUT2D eigenvalue weighted by Gasteiger charge is 2.18. The lowest BCUT2D eigenvalue weighted by Crippen LogP contribution is -2.31. The second-order valence-electron chi connectivity index (χ2n) is 4.75. The smallest absolute Gasteiger partial charge is 0.0501 e. The molecule has 2 N–H and O–H groups in total. The standard InChI is InChI=1S/C13H21N3/c1-16(13-4-2-3-5-13)9-8-12-7-6-11(14)10-15-12/h6-7,10,13H,2-5,8-9,14H2,1H3. The van der Waals surface area contributed by atoms with Crippen LogP contribution >= 0.6 is 0 Å². The minimum Gasteiger partial charge on any atom is -0.397 e. The fraction of sp³-hybridized carbons (Fsp3) is 0.615. The highest BCUT2D eigenvalue weighted by molar-refractivity contribution is 5.34. The molecule has 1 saturated carbocycles. The summed E-state index contributed by atoms with van der Waals surface area (Å²) in [6, 6.07) is 4.75. The average Bonchev–Trinajstić information content (AvgIpc) is 2.81. The molecule has 2 rings (SSSR count). The van der Waals surface area contributed by atoms with Crippen LogP contribution < -0.4 is 5.73 Å². The van der Waals surface area contributed by atoms with Crippen molar-refractivity contribution in [3.63, 3.8) is 0 Å². The molecule has 0 unspecified atom stereocenters. The quantitative estimate of drug-likeness (QED) is 0.843. The molecule has 3 nitrogen and oxygen atoms in total. The molecule has 0 saturated heterocycles. The van der Waals surface area contributed by atoms with E-state index in [4.69, 9.17) is 5.73 Å². The molecule has 16 heavy (non-hydrogen) atoms. The lowest BCUT2D eigenvalue weighted by molar-refractivity contribution is 0.248. The molecule has 0 amide bonds. The lowest BCUT2D eigenvalue weighted by atomic mass is 10.2. The lowest BCUT2D eigenvalue weighted by Gasteiger charge is -2.23. The molecule has 3 heteroatoms. The molecule has 1 aromatic heterocycles. The highest BCUT2D eigenvalue weighted by Crippen LogP contribution is 2.22. The fourth-order valence-electron chi connectivity index (χ4n) is 2.40. The first kappa shape index (κ1) is 11.4. The van der Waals surface area contributed by atoms with Crippen molar-refractivity contribution >= 4 is 5.69 Å². The number of likely N-dealkylation sites (N-methyl/N-ethyl adjacent to an activating group) is 1. The molecule has 0 aromatic carbocycles. The number of hydrogen-bond acceptors (Lipinski definition) is 3. The molecular formula is C13H21N3. The van der Waals surface area contributed by atoms with E-state index >= 15 is 0 Å². The third-order valence-electron chi connectivity index (χ3n) is 3.52. The van der Waals surface area contributed by atoms with Gasteiger partial charge in [0.15, 0.2) is 0 Å². The van der Waals surface area contributed by atoms with Gasteiger partial charge in [0.25, 0.3) is 0 Å². The molecular weight excluding hydrogens is 198 g/mol. The first-order valence-electron chi connectivity index (χ1n) is 6.16. The summed E-state index contributed by atoms with van der Waals surface area (Å²) in [7, 11) is 2.23. The molecule has 0 bridgehead atoms. The molecule has 1 heterocycles. The zero-order valence-electron chi connectivity index (χ0n) is 10.0. The van der Waals surface area contributed by atoms with Gasteiger partial charge in [-0.15, -0.1) is 0 Å². The average molecular weight is 219 g/mol. The van der Waals surface area contributed by atoms with Crippen LogP contribution in [0.3, 0.4) is 0 Å². The van der Waals surface area contributed by atoms with Gasteiger partial charge in [-0.25, -0.2) is 0 Å². The third-order valence-corrected chi connectivity index (χ3v) is 3.52. The SMILES string of the molecule is CN(CCc1ccc(N)cn1)C1CCCC1. The Kier molecular flexibility index (Phi) is 3.78. The summed E-state index contributed by atoms with van der Waals surface area (Å²) in [4.78, 5) is 6.80. The molecule has 1 aromatic rings. The van der Waals surface area contributed by atoms with Gasteiger partial charge in [0, 0.05) is 24.7 Å². The maximum atomic E-state index is 5.61. The predicted molar refractivity (Wildman–Crippen MR) is 67.2 cm³/mol. The summed E-state index contributed by atoms with van der Waals surface area (Å²) in [5, 5.41) is 0. The molecule has 0 spiro atoms. The predicted octanol–water partition coefficient (Wildman–Crippen LogP) is 2.08. The largest absolute Gasteiger partial charge is 0.397 e. The van der Waals surface area contributed by atoms with Gasteiger partial charge in [0.2, 0.25) is 0 Å². The Labute approximate surface area is 97.7 Å². The molecule has 1 aliphatic carbocycles. The van der Waals surface area contributed by atoms with E-state index in [1.807, 2.05) is 12.1 Å². The van der Waals surface area contributed by atoms with Crippen molar-refractivity contribution in [1.82, 2.24) is 9.88 Å². The Hall–Kier alpha value is -1.09. The zero-order chi connectivity index (χ0) is 11.4. The molecule has 0 atom stereocenters. The van der Waals surface area contributed by atoms with Crippen molar-refractivity contribution in [1.29, 1.82) is 0 Å². The zero-order valence-corrected chi connectivity index (χ0v) is 10.0. The van der Waals surface area contributed by atoms with E-state index in [-0.39, 0.29) is 0 Å². The van der Waals surface area contributed by atoms with Crippen LogP contribution in [0.4, 0.5) is 5.69 Å². The van der Waals surface area contributed by atoms with Crippen LogP contribution in [0.2, 0.25) is 0 Å². The van der Waals surface area contributed by atoms with Crippen molar-refractivity contribution in [2.45, 2.75) is 38.1 Å². The van der Waals surface area contributed by atoms with E-state index in [2.05, 4.69) is 16.9 Å². The normalized spacial score (nSPS) is 17.1. The summed E-state index contributed by atoms with van der Waals surface area (Å²) >= 11 is 0. The van der Waals surface area contributed by atoms with Gasteiger partial charge >= 0.3 is 0 Å². The first-order valence-corrected chi connectivity index (χ1v) is 6.16. The first-order chi connectivity index (χ1) is 7.75. The Morgan fingerprint density at radius 1 is 1.38 bits per heavy atom. The van der Waals surface area contributed by atoms with Crippen molar-refractivity contribution in [2.24, 2.45) is 0 Å². The number of nitrogens with two attached hydrogens (primary N) is 1. The third kappa shape index (κ3) is 2.95. The summed E-state index contributed by atoms with van der Waals surface area (Å²) in [6.07, 6.45) is 8.29. The summed E-state index contributed by atoms with van der Waals surface area (Å²) in [5.74, 6) is 0. The van der Waals surface area contributed by atoms with E-state index < -0.39 is 0 Å². The Morgan fingerprint density at radius 2 is 2.12 bits per heavy atom. The fourth-order valence-corrected chi connectivity index (χ4v) is 2.40. The van der Waals surface area contributed by atoms with Crippen molar-refractivity contribution in [3.05, 3.63) is 24.0 Å². The van der Waals surface area contributed by atoms with Gasteiger partial charge < -0.3 is 10.6 Å². The van der Waals surface area contributed by atoms with Crippen LogP contribution in [0.25, 0.3) is 0 Å². The molecule has 0 aliphatic heterocycles. The Morgan fingerprint density at radius 3 is 2.75 bits per heavy atom. The number of aromatic nitrogens is 1.